The monoisotopic (exact) mass is 186 g/mol. The third-order valence-electron chi connectivity index (χ3n) is 1.32. The second kappa shape index (κ2) is 3.38. The van der Waals surface area contributed by atoms with Crippen molar-refractivity contribution in [3.05, 3.63) is 23.0 Å². The van der Waals surface area contributed by atoms with Crippen molar-refractivity contribution >= 4 is 23.2 Å². The molecule has 0 spiro atoms. The first-order chi connectivity index (χ1) is 5.66. The zero-order valence-electron chi connectivity index (χ0n) is 6.04. The van der Waals surface area contributed by atoms with Gasteiger partial charge in [0.05, 0.1) is 11.3 Å². The van der Waals surface area contributed by atoms with E-state index in [1.54, 1.807) is 0 Å². The predicted octanol–water partition coefficient (Wildman–Crippen LogP) is -0.0793. The number of hydrogen-bond donors (Lipinski definition) is 3. The van der Waals surface area contributed by atoms with Crippen molar-refractivity contribution in [3.8, 4) is 0 Å². The molecule has 64 valence electrons. The second-order valence-electron chi connectivity index (χ2n) is 2.04. The quantitative estimate of drug-likeness (QED) is 0.248. The molecule has 1 aromatic heterocycles. The number of nitrogens with one attached hydrogen (secondary N) is 1. The van der Waals surface area contributed by atoms with Gasteiger partial charge in [0.25, 0.3) is 5.91 Å². The molecule has 5 nitrogen and oxygen atoms in total. The summed E-state index contributed by atoms with van der Waals surface area (Å²) in [5, 5.41) is 0.0936. The smallest absolute Gasteiger partial charge is 0.267 e. The van der Waals surface area contributed by atoms with Gasteiger partial charge in [-0.15, -0.1) is 0 Å². The lowest BCUT2D eigenvalue weighted by atomic mass is 10.2. The van der Waals surface area contributed by atoms with Crippen LogP contribution in [0.5, 0.6) is 0 Å². The largest absolute Gasteiger partial charge is 0.396 e. The molecule has 0 aliphatic carbocycles. The molecule has 0 aliphatic heterocycles. The van der Waals surface area contributed by atoms with E-state index in [0.29, 0.717) is 0 Å². The normalized spacial score (nSPS) is 9.50. The number of carbonyl (C=O) groups is 1. The Morgan fingerprint density at radius 2 is 2.33 bits per heavy atom. The van der Waals surface area contributed by atoms with Crippen LogP contribution in [-0.4, -0.2) is 10.9 Å². The molecule has 0 fully saturated rings. The summed E-state index contributed by atoms with van der Waals surface area (Å²) in [5.41, 5.74) is 7.74. The second-order valence-corrected chi connectivity index (χ2v) is 2.39. The topological polar surface area (TPSA) is 94.0 Å². The molecule has 6 heteroatoms. The van der Waals surface area contributed by atoms with E-state index in [9.17, 15) is 4.79 Å². The molecule has 1 rings (SSSR count). The van der Waals surface area contributed by atoms with Gasteiger partial charge in [-0.25, -0.2) is 10.8 Å². The Morgan fingerprint density at radius 1 is 1.67 bits per heavy atom. The highest BCUT2D eigenvalue weighted by Gasteiger charge is 2.10. The standard InChI is InChI=1S/C6H7ClN4O/c7-5-4(8)3(1-2-10-5)6(12)11-9/h1-2H,8-9H2,(H,11,12). The van der Waals surface area contributed by atoms with Crippen molar-refractivity contribution in [3.63, 3.8) is 0 Å². The van der Waals surface area contributed by atoms with E-state index in [1.807, 2.05) is 5.43 Å². The maximum absolute atomic E-state index is 11.0. The summed E-state index contributed by atoms with van der Waals surface area (Å²) in [6.45, 7) is 0. The van der Waals surface area contributed by atoms with E-state index in [2.05, 4.69) is 4.98 Å². The molecular weight excluding hydrogens is 180 g/mol. The number of rotatable bonds is 1. The Labute approximate surface area is 73.7 Å². The molecule has 1 aromatic rings. The first kappa shape index (κ1) is 8.76. The number of halogens is 1. The Kier molecular flexibility index (Phi) is 2.47. The number of nitrogen functional groups attached to an aromatic ring is 2. The summed E-state index contributed by atoms with van der Waals surface area (Å²) in [6, 6.07) is 1.43. The average molecular weight is 187 g/mol. The van der Waals surface area contributed by atoms with Gasteiger partial charge in [-0.2, -0.15) is 0 Å². The van der Waals surface area contributed by atoms with Crippen molar-refractivity contribution < 1.29 is 4.79 Å². The minimum atomic E-state index is -0.489. The van der Waals surface area contributed by atoms with Gasteiger partial charge in [-0.3, -0.25) is 10.2 Å². The van der Waals surface area contributed by atoms with Crippen molar-refractivity contribution in [2.75, 3.05) is 5.73 Å². The van der Waals surface area contributed by atoms with Gasteiger partial charge < -0.3 is 5.73 Å². The van der Waals surface area contributed by atoms with E-state index in [0.717, 1.165) is 0 Å². The number of carbonyl (C=O) groups excluding carboxylic acids is 1. The van der Waals surface area contributed by atoms with Crippen LogP contribution in [0.4, 0.5) is 5.69 Å². The van der Waals surface area contributed by atoms with Gasteiger partial charge >= 0.3 is 0 Å². The fraction of sp³-hybridized carbons (Fsp3) is 0. The zero-order valence-corrected chi connectivity index (χ0v) is 6.80. The van der Waals surface area contributed by atoms with E-state index in [1.165, 1.54) is 12.3 Å². The molecular formula is C6H7ClN4O. The van der Waals surface area contributed by atoms with Crippen LogP contribution in [0.1, 0.15) is 10.4 Å². The number of hydrazine groups is 1. The van der Waals surface area contributed by atoms with Gasteiger partial charge in [-0.1, -0.05) is 11.6 Å². The van der Waals surface area contributed by atoms with Crippen molar-refractivity contribution in [1.82, 2.24) is 10.4 Å². The maximum Gasteiger partial charge on any atom is 0.267 e. The van der Waals surface area contributed by atoms with E-state index in [4.69, 9.17) is 23.2 Å². The molecule has 12 heavy (non-hydrogen) atoms. The lowest BCUT2D eigenvalue weighted by Gasteiger charge is -2.03. The fourth-order valence-corrected chi connectivity index (χ4v) is 0.882. The van der Waals surface area contributed by atoms with Crippen LogP contribution in [0, 0.1) is 0 Å². The third-order valence-corrected chi connectivity index (χ3v) is 1.62. The highest BCUT2D eigenvalue weighted by Crippen LogP contribution is 2.18. The lowest BCUT2D eigenvalue weighted by Crippen LogP contribution is -2.30. The predicted molar refractivity (Wildman–Crippen MR) is 45.3 cm³/mol. The Balaban J connectivity index is 3.16. The Bertz CT molecular complexity index is 314. The first-order valence-electron chi connectivity index (χ1n) is 3.07. The molecule has 0 aliphatic rings. The number of pyridine rings is 1. The van der Waals surface area contributed by atoms with Crippen LogP contribution in [0.15, 0.2) is 12.3 Å². The van der Waals surface area contributed by atoms with Gasteiger partial charge in [-0.05, 0) is 6.07 Å². The summed E-state index contributed by atoms with van der Waals surface area (Å²) in [6.07, 6.45) is 1.38. The molecule has 0 bridgehead atoms. The molecule has 0 saturated carbocycles. The summed E-state index contributed by atoms with van der Waals surface area (Å²) in [5.74, 6) is 4.42. The van der Waals surface area contributed by atoms with Crippen molar-refractivity contribution in [2.45, 2.75) is 0 Å². The van der Waals surface area contributed by atoms with E-state index in [-0.39, 0.29) is 16.4 Å². The van der Waals surface area contributed by atoms with Crippen LogP contribution in [0.2, 0.25) is 5.15 Å². The maximum atomic E-state index is 11.0. The molecule has 0 atom stereocenters. The fourth-order valence-electron chi connectivity index (χ4n) is 0.723. The highest BCUT2D eigenvalue weighted by atomic mass is 35.5. The molecule has 1 amide bonds. The Morgan fingerprint density at radius 3 is 2.92 bits per heavy atom. The highest BCUT2D eigenvalue weighted by molar-refractivity contribution is 6.32. The molecule has 1 heterocycles. The minimum absolute atomic E-state index is 0.0936. The van der Waals surface area contributed by atoms with Crippen LogP contribution >= 0.6 is 11.6 Å². The van der Waals surface area contributed by atoms with Crippen LogP contribution < -0.4 is 17.0 Å². The SMILES string of the molecule is NNC(=O)c1ccnc(Cl)c1N. The number of nitrogens with zero attached hydrogens (tertiary/aromatic N) is 1. The third kappa shape index (κ3) is 1.46. The average Bonchev–Trinajstić information content (AvgIpc) is 2.08. The molecule has 0 unspecified atom stereocenters. The van der Waals surface area contributed by atoms with Crippen LogP contribution in [0.3, 0.4) is 0 Å². The van der Waals surface area contributed by atoms with Crippen molar-refractivity contribution in [1.29, 1.82) is 0 Å². The summed E-state index contributed by atoms with van der Waals surface area (Å²) in [7, 11) is 0. The number of nitrogens with two attached hydrogens (primary N) is 2. The Hall–Kier alpha value is -1.33. The number of anilines is 1. The van der Waals surface area contributed by atoms with Gasteiger partial charge in [0.15, 0.2) is 5.15 Å². The summed E-state index contributed by atoms with van der Waals surface area (Å²) >= 11 is 5.56. The molecule has 5 N–H and O–H groups in total. The summed E-state index contributed by atoms with van der Waals surface area (Å²) < 4.78 is 0. The summed E-state index contributed by atoms with van der Waals surface area (Å²) in [4.78, 5) is 14.7. The minimum Gasteiger partial charge on any atom is -0.396 e. The van der Waals surface area contributed by atoms with Crippen LogP contribution in [0.25, 0.3) is 0 Å². The van der Waals surface area contributed by atoms with Gasteiger partial charge in [0.1, 0.15) is 0 Å². The van der Waals surface area contributed by atoms with Gasteiger partial charge in [0, 0.05) is 6.20 Å². The van der Waals surface area contributed by atoms with E-state index < -0.39 is 5.91 Å². The van der Waals surface area contributed by atoms with Crippen molar-refractivity contribution in [2.24, 2.45) is 5.84 Å². The van der Waals surface area contributed by atoms with Crippen LogP contribution in [-0.2, 0) is 0 Å². The number of hydrogen-bond acceptors (Lipinski definition) is 4. The molecule has 0 saturated heterocycles. The molecule has 0 radical (unpaired) electrons. The molecule has 0 aromatic carbocycles. The first-order valence-corrected chi connectivity index (χ1v) is 3.45. The van der Waals surface area contributed by atoms with Gasteiger partial charge in [0.2, 0.25) is 0 Å². The van der Waals surface area contributed by atoms with E-state index >= 15 is 0 Å². The number of amides is 1. The number of aromatic nitrogens is 1. The zero-order chi connectivity index (χ0) is 9.14. The lowest BCUT2D eigenvalue weighted by molar-refractivity contribution is 0.0954.